The van der Waals surface area contributed by atoms with Gasteiger partial charge >= 0.3 is 0 Å². The van der Waals surface area contributed by atoms with E-state index in [-0.39, 0.29) is 11.5 Å². The van der Waals surface area contributed by atoms with E-state index in [0.29, 0.717) is 22.4 Å². The van der Waals surface area contributed by atoms with E-state index in [1.54, 1.807) is 36.5 Å². The van der Waals surface area contributed by atoms with Crippen molar-refractivity contribution >= 4 is 22.7 Å². The average Bonchev–Trinajstić information content (AvgIpc) is 3.11. The van der Waals surface area contributed by atoms with E-state index in [9.17, 15) is 10.2 Å². The van der Waals surface area contributed by atoms with Gasteiger partial charge in [-0.05, 0) is 42.0 Å². The number of hydrogen-bond acceptors (Lipinski definition) is 7. The van der Waals surface area contributed by atoms with Crippen molar-refractivity contribution in [1.29, 1.82) is 0 Å². The molecule has 0 saturated heterocycles. The first kappa shape index (κ1) is 15.5. The molecule has 4 aromatic rings. The van der Waals surface area contributed by atoms with Gasteiger partial charge in [-0.2, -0.15) is 0 Å². The van der Waals surface area contributed by atoms with E-state index >= 15 is 0 Å². The van der Waals surface area contributed by atoms with Crippen LogP contribution >= 0.6 is 11.8 Å². The van der Waals surface area contributed by atoms with Crippen molar-refractivity contribution < 1.29 is 14.6 Å². The Bertz CT molecular complexity index is 1030. The molecule has 7 heteroatoms. The number of phenolic OH excluding ortho intramolecular Hbond substituents is 2. The molecule has 6 nitrogen and oxygen atoms in total. The number of hydrogen-bond donors (Lipinski definition) is 2. The molecule has 0 aliphatic rings. The summed E-state index contributed by atoms with van der Waals surface area (Å²) in [7, 11) is 0. The van der Waals surface area contributed by atoms with Gasteiger partial charge in [0.05, 0.1) is 0 Å². The lowest BCUT2D eigenvalue weighted by atomic mass is 10.1. The highest BCUT2D eigenvalue weighted by Crippen LogP contribution is 2.31. The second-order valence-corrected chi connectivity index (χ2v) is 6.28. The summed E-state index contributed by atoms with van der Waals surface area (Å²) >= 11 is 1.41. The number of thioether (sulfide) groups is 1. The summed E-state index contributed by atoms with van der Waals surface area (Å²) in [4.78, 5) is 4.22. The molecule has 25 heavy (non-hydrogen) atoms. The summed E-state index contributed by atoms with van der Waals surface area (Å²) in [5, 5.41) is 28.7. The van der Waals surface area contributed by atoms with Gasteiger partial charge in [0.15, 0.2) is 0 Å². The van der Waals surface area contributed by atoms with Crippen molar-refractivity contribution in [3.8, 4) is 23.0 Å². The van der Waals surface area contributed by atoms with Crippen molar-refractivity contribution in [1.82, 2.24) is 15.2 Å². The minimum absolute atomic E-state index is 0.164. The van der Waals surface area contributed by atoms with Gasteiger partial charge in [0, 0.05) is 22.9 Å². The van der Waals surface area contributed by atoms with Gasteiger partial charge in [-0.3, -0.25) is 4.98 Å². The Morgan fingerprint density at radius 2 is 1.80 bits per heavy atom. The van der Waals surface area contributed by atoms with Crippen LogP contribution in [-0.2, 0) is 5.75 Å². The number of aromatic nitrogens is 3. The van der Waals surface area contributed by atoms with Gasteiger partial charge in [-0.25, -0.2) is 0 Å². The van der Waals surface area contributed by atoms with Gasteiger partial charge in [0.1, 0.15) is 17.0 Å². The second-order valence-electron chi connectivity index (χ2n) is 5.35. The first-order valence-corrected chi connectivity index (χ1v) is 8.50. The maximum Gasteiger partial charge on any atom is 0.277 e. The second kappa shape index (κ2) is 6.45. The minimum atomic E-state index is 0.164. The van der Waals surface area contributed by atoms with Gasteiger partial charge < -0.3 is 14.6 Å². The third-order valence-electron chi connectivity index (χ3n) is 3.71. The van der Waals surface area contributed by atoms with E-state index in [0.717, 1.165) is 16.5 Å². The quantitative estimate of drug-likeness (QED) is 0.537. The molecule has 0 bridgehead atoms. The van der Waals surface area contributed by atoms with Crippen LogP contribution < -0.4 is 0 Å². The summed E-state index contributed by atoms with van der Waals surface area (Å²) in [6.07, 6.45) is 1.65. The number of fused-ring (bicyclic) bond motifs is 1. The lowest BCUT2D eigenvalue weighted by molar-refractivity contribution is 0.465. The lowest BCUT2D eigenvalue weighted by Gasteiger charge is -2.05. The Morgan fingerprint density at radius 3 is 2.64 bits per heavy atom. The molecular formula is C18H13N3O3S. The number of rotatable bonds is 4. The summed E-state index contributed by atoms with van der Waals surface area (Å²) < 4.78 is 5.66. The maximum atomic E-state index is 9.90. The Balaban J connectivity index is 1.55. The van der Waals surface area contributed by atoms with Crippen molar-refractivity contribution in [2.45, 2.75) is 11.0 Å². The third kappa shape index (κ3) is 3.14. The van der Waals surface area contributed by atoms with Crippen molar-refractivity contribution in [3.63, 3.8) is 0 Å². The zero-order valence-electron chi connectivity index (χ0n) is 13.0. The zero-order chi connectivity index (χ0) is 17.2. The SMILES string of the molecule is Oc1ccc(-c2nnc(SCc3ccc(O)c4ncccc34)o2)cc1. The molecule has 2 aromatic heterocycles. The summed E-state index contributed by atoms with van der Waals surface area (Å²) in [5.74, 6) is 1.36. The third-order valence-corrected chi connectivity index (χ3v) is 4.58. The smallest absolute Gasteiger partial charge is 0.277 e. The number of phenols is 2. The highest BCUT2D eigenvalue weighted by Gasteiger charge is 2.11. The number of aromatic hydroxyl groups is 2. The number of benzene rings is 2. The van der Waals surface area contributed by atoms with E-state index in [1.807, 2.05) is 18.2 Å². The Labute approximate surface area is 147 Å². The van der Waals surface area contributed by atoms with Crippen LogP contribution in [0.5, 0.6) is 11.5 Å². The fraction of sp³-hybridized carbons (Fsp3) is 0.0556. The van der Waals surface area contributed by atoms with Gasteiger partial charge in [0.2, 0.25) is 5.89 Å². The number of nitrogens with zero attached hydrogens (tertiary/aromatic N) is 3. The molecular weight excluding hydrogens is 338 g/mol. The molecule has 2 heterocycles. The van der Waals surface area contributed by atoms with Gasteiger partial charge in [-0.15, -0.1) is 10.2 Å². The van der Waals surface area contributed by atoms with Crippen LogP contribution in [0.15, 0.2) is 64.4 Å². The molecule has 4 rings (SSSR count). The molecule has 0 atom stereocenters. The molecule has 0 unspecified atom stereocenters. The van der Waals surface area contributed by atoms with E-state index in [2.05, 4.69) is 15.2 Å². The van der Waals surface area contributed by atoms with Crippen LogP contribution in [0.4, 0.5) is 0 Å². The molecule has 0 spiro atoms. The first-order chi connectivity index (χ1) is 12.2. The largest absolute Gasteiger partial charge is 0.508 e. The lowest BCUT2D eigenvalue weighted by Crippen LogP contribution is -1.87. The molecule has 124 valence electrons. The Kier molecular flexibility index (Phi) is 3.99. The minimum Gasteiger partial charge on any atom is -0.508 e. The normalized spacial score (nSPS) is 11.0. The summed E-state index contributed by atoms with van der Waals surface area (Å²) in [6.45, 7) is 0. The highest BCUT2D eigenvalue weighted by molar-refractivity contribution is 7.98. The van der Waals surface area contributed by atoms with Gasteiger partial charge in [-0.1, -0.05) is 23.9 Å². The zero-order valence-corrected chi connectivity index (χ0v) is 13.8. The molecule has 0 fully saturated rings. The van der Waals surface area contributed by atoms with E-state index in [4.69, 9.17) is 4.42 Å². The number of pyridine rings is 1. The van der Waals surface area contributed by atoms with Crippen LogP contribution in [0.25, 0.3) is 22.4 Å². The molecule has 0 aliphatic carbocycles. The summed E-state index contributed by atoms with van der Waals surface area (Å²) in [6, 6.07) is 13.8. The van der Waals surface area contributed by atoms with E-state index in [1.165, 1.54) is 11.8 Å². The van der Waals surface area contributed by atoms with Gasteiger partial charge in [0.25, 0.3) is 5.22 Å². The topological polar surface area (TPSA) is 92.3 Å². The van der Waals surface area contributed by atoms with E-state index < -0.39 is 0 Å². The van der Waals surface area contributed by atoms with Crippen molar-refractivity contribution in [3.05, 3.63) is 60.3 Å². The predicted molar refractivity (Wildman–Crippen MR) is 94.4 cm³/mol. The monoisotopic (exact) mass is 351 g/mol. The molecule has 0 saturated carbocycles. The fourth-order valence-electron chi connectivity index (χ4n) is 2.47. The highest BCUT2D eigenvalue weighted by atomic mass is 32.2. The predicted octanol–water partition coefficient (Wildman–Crippen LogP) is 3.99. The summed E-state index contributed by atoms with van der Waals surface area (Å²) in [5.41, 5.74) is 2.35. The molecule has 2 N–H and O–H groups in total. The van der Waals surface area contributed by atoms with Crippen LogP contribution in [-0.4, -0.2) is 25.4 Å². The van der Waals surface area contributed by atoms with Crippen molar-refractivity contribution in [2.75, 3.05) is 0 Å². The molecule has 0 radical (unpaired) electrons. The Hall–Kier alpha value is -3.06. The molecule has 0 aliphatic heterocycles. The fourth-order valence-corrected chi connectivity index (χ4v) is 3.24. The molecule has 2 aromatic carbocycles. The van der Waals surface area contributed by atoms with Crippen LogP contribution in [0, 0.1) is 0 Å². The molecule has 0 amide bonds. The van der Waals surface area contributed by atoms with Crippen molar-refractivity contribution in [2.24, 2.45) is 0 Å². The van der Waals surface area contributed by atoms with Crippen LogP contribution in [0.2, 0.25) is 0 Å². The first-order valence-electron chi connectivity index (χ1n) is 7.52. The van der Waals surface area contributed by atoms with Crippen LogP contribution in [0.1, 0.15) is 5.56 Å². The standard InChI is InChI=1S/C18H13N3O3S/c22-13-6-3-11(4-7-13)17-20-21-18(24-17)25-10-12-5-8-15(23)16-14(12)2-1-9-19-16/h1-9,22-23H,10H2. The average molecular weight is 351 g/mol. The van der Waals surface area contributed by atoms with Crippen LogP contribution in [0.3, 0.4) is 0 Å². The Morgan fingerprint density at radius 1 is 0.960 bits per heavy atom. The maximum absolute atomic E-state index is 9.90.